The first-order valence-electron chi connectivity index (χ1n) is 7.05. The van der Waals surface area contributed by atoms with E-state index in [9.17, 15) is 8.42 Å². The van der Waals surface area contributed by atoms with Crippen molar-refractivity contribution in [1.29, 1.82) is 0 Å². The fourth-order valence-electron chi connectivity index (χ4n) is 2.16. The van der Waals surface area contributed by atoms with E-state index in [-0.39, 0.29) is 16.5 Å². The van der Waals surface area contributed by atoms with E-state index in [0.717, 1.165) is 30.6 Å². The number of nitrogens with one attached hydrogen (secondary N) is 3. The Labute approximate surface area is 120 Å². The first-order chi connectivity index (χ1) is 9.28. The van der Waals surface area contributed by atoms with E-state index in [0.29, 0.717) is 6.54 Å². The smallest absolute Gasteiger partial charge is 0.260 e. The van der Waals surface area contributed by atoms with Crippen LogP contribution in [0, 0.1) is 12.3 Å². The monoisotopic (exact) mass is 300 g/mol. The molecule has 1 aromatic heterocycles. The third-order valence-corrected chi connectivity index (χ3v) is 5.27. The van der Waals surface area contributed by atoms with E-state index in [1.807, 2.05) is 6.92 Å². The molecule has 2 rings (SSSR count). The van der Waals surface area contributed by atoms with E-state index in [2.05, 4.69) is 41.0 Å². The Morgan fingerprint density at radius 3 is 2.65 bits per heavy atom. The average molecular weight is 300 g/mol. The zero-order valence-corrected chi connectivity index (χ0v) is 13.4. The number of rotatable bonds is 7. The summed E-state index contributed by atoms with van der Waals surface area (Å²) in [7, 11) is -3.55. The summed E-state index contributed by atoms with van der Waals surface area (Å²) in [5, 5.41) is 10.1. The number of nitrogens with zero attached hydrogens (tertiary/aromatic N) is 1. The van der Waals surface area contributed by atoms with Crippen molar-refractivity contribution < 1.29 is 8.42 Å². The maximum absolute atomic E-state index is 12.4. The van der Waals surface area contributed by atoms with Gasteiger partial charge in [-0.2, -0.15) is 5.10 Å². The predicted molar refractivity (Wildman–Crippen MR) is 77.8 cm³/mol. The summed E-state index contributed by atoms with van der Waals surface area (Å²) in [6, 6.07) is 0.0148. The molecule has 7 heteroatoms. The zero-order chi connectivity index (χ0) is 15.0. The molecular formula is C13H24N4O2S. The van der Waals surface area contributed by atoms with E-state index in [1.54, 1.807) is 0 Å². The van der Waals surface area contributed by atoms with E-state index in [4.69, 9.17) is 0 Å². The lowest BCUT2D eigenvalue weighted by Gasteiger charge is -2.09. The number of aromatic nitrogens is 2. The standard InChI is InChI=1S/C13H24N4O2S/c1-5-6-14-8-10-9(2)15-16-12(10)20(18,19)17-11-7-13(11,3)4/h11,14,17H,5-8H2,1-4H3,(H,15,16). The minimum atomic E-state index is -3.55. The van der Waals surface area contributed by atoms with Crippen LogP contribution in [0.2, 0.25) is 0 Å². The molecule has 1 unspecified atom stereocenters. The van der Waals surface area contributed by atoms with Crippen LogP contribution < -0.4 is 10.0 Å². The quantitative estimate of drug-likeness (QED) is 0.662. The van der Waals surface area contributed by atoms with Gasteiger partial charge in [-0.1, -0.05) is 20.8 Å². The van der Waals surface area contributed by atoms with Crippen LogP contribution in [0.15, 0.2) is 5.03 Å². The van der Waals surface area contributed by atoms with Crippen molar-refractivity contribution in [2.24, 2.45) is 5.41 Å². The molecule has 0 amide bonds. The van der Waals surface area contributed by atoms with Crippen molar-refractivity contribution in [3.8, 4) is 0 Å². The molecule has 0 bridgehead atoms. The molecule has 114 valence electrons. The molecule has 1 saturated carbocycles. The highest BCUT2D eigenvalue weighted by Gasteiger charge is 2.48. The van der Waals surface area contributed by atoms with Crippen molar-refractivity contribution in [2.75, 3.05) is 6.54 Å². The summed E-state index contributed by atoms with van der Waals surface area (Å²) in [5.41, 5.74) is 1.58. The normalized spacial score (nSPS) is 21.1. The van der Waals surface area contributed by atoms with Crippen LogP contribution in [-0.2, 0) is 16.6 Å². The van der Waals surface area contributed by atoms with Gasteiger partial charge in [-0.25, -0.2) is 13.1 Å². The van der Waals surface area contributed by atoms with Crippen molar-refractivity contribution in [1.82, 2.24) is 20.2 Å². The molecular weight excluding hydrogens is 276 g/mol. The van der Waals surface area contributed by atoms with Gasteiger partial charge in [-0.05, 0) is 31.7 Å². The van der Waals surface area contributed by atoms with Crippen LogP contribution in [0.4, 0.5) is 0 Å². The highest BCUT2D eigenvalue weighted by molar-refractivity contribution is 7.89. The molecule has 0 spiro atoms. The van der Waals surface area contributed by atoms with E-state index >= 15 is 0 Å². The number of hydrogen-bond donors (Lipinski definition) is 3. The lowest BCUT2D eigenvalue weighted by atomic mass is 10.2. The average Bonchev–Trinajstić information content (AvgIpc) is 2.75. The molecule has 0 radical (unpaired) electrons. The molecule has 1 aliphatic rings. The second-order valence-corrected chi connectivity index (χ2v) is 7.80. The first-order valence-corrected chi connectivity index (χ1v) is 8.53. The van der Waals surface area contributed by atoms with Crippen LogP contribution >= 0.6 is 0 Å². The SMILES string of the molecule is CCCNCc1c(S(=O)(=O)NC2CC2(C)C)n[nH]c1C. The van der Waals surface area contributed by atoms with Gasteiger partial charge in [-0.3, -0.25) is 5.10 Å². The number of sulfonamides is 1. The number of hydrogen-bond acceptors (Lipinski definition) is 4. The fraction of sp³-hybridized carbons (Fsp3) is 0.769. The highest BCUT2D eigenvalue weighted by atomic mass is 32.2. The Bertz CT molecular complexity index is 577. The highest BCUT2D eigenvalue weighted by Crippen LogP contribution is 2.45. The van der Waals surface area contributed by atoms with Gasteiger partial charge in [0.05, 0.1) is 0 Å². The molecule has 0 aliphatic heterocycles. The lowest BCUT2D eigenvalue weighted by molar-refractivity contribution is 0.549. The van der Waals surface area contributed by atoms with Gasteiger partial charge in [0.15, 0.2) is 5.03 Å². The van der Waals surface area contributed by atoms with Gasteiger partial charge in [0.25, 0.3) is 10.0 Å². The van der Waals surface area contributed by atoms with Gasteiger partial charge in [-0.15, -0.1) is 0 Å². The van der Waals surface area contributed by atoms with Gasteiger partial charge >= 0.3 is 0 Å². The summed E-state index contributed by atoms with van der Waals surface area (Å²) in [6.07, 6.45) is 1.88. The molecule has 20 heavy (non-hydrogen) atoms. The Hall–Kier alpha value is -0.920. The van der Waals surface area contributed by atoms with Crippen LogP contribution in [0.3, 0.4) is 0 Å². The van der Waals surface area contributed by atoms with Crippen LogP contribution in [-0.4, -0.2) is 31.2 Å². The molecule has 1 aliphatic carbocycles. The van der Waals surface area contributed by atoms with Gasteiger partial charge < -0.3 is 5.32 Å². The summed E-state index contributed by atoms with van der Waals surface area (Å²) in [6.45, 7) is 9.40. The third-order valence-electron chi connectivity index (χ3n) is 3.83. The number of aryl methyl sites for hydroxylation is 1. The molecule has 3 N–H and O–H groups in total. The largest absolute Gasteiger partial charge is 0.313 e. The second-order valence-electron chi connectivity index (χ2n) is 6.18. The van der Waals surface area contributed by atoms with Crippen LogP contribution in [0.25, 0.3) is 0 Å². The number of aromatic amines is 1. The molecule has 0 aromatic carbocycles. The second kappa shape index (κ2) is 5.46. The maximum Gasteiger partial charge on any atom is 0.260 e. The summed E-state index contributed by atoms with van der Waals surface area (Å²) in [5.74, 6) is 0. The topological polar surface area (TPSA) is 86.9 Å². The molecule has 6 nitrogen and oxygen atoms in total. The van der Waals surface area contributed by atoms with Gasteiger partial charge in [0.1, 0.15) is 0 Å². The minimum absolute atomic E-state index is 0.0148. The van der Waals surface area contributed by atoms with E-state index < -0.39 is 10.0 Å². The van der Waals surface area contributed by atoms with Crippen molar-refractivity contribution in [3.05, 3.63) is 11.3 Å². The summed E-state index contributed by atoms with van der Waals surface area (Å²) in [4.78, 5) is 0. The molecule has 0 saturated heterocycles. The van der Waals surface area contributed by atoms with Crippen LogP contribution in [0.1, 0.15) is 44.9 Å². The van der Waals surface area contributed by atoms with Gasteiger partial charge in [0, 0.05) is 23.8 Å². The lowest BCUT2D eigenvalue weighted by Crippen LogP contribution is -2.30. The Morgan fingerprint density at radius 1 is 1.45 bits per heavy atom. The third kappa shape index (κ3) is 3.21. The molecule has 1 fully saturated rings. The predicted octanol–water partition coefficient (Wildman–Crippen LogP) is 1.29. The van der Waals surface area contributed by atoms with Crippen LogP contribution in [0.5, 0.6) is 0 Å². The minimum Gasteiger partial charge on any atom is -0.313 e. The van der Waals surface area contributed by atoms with Gasteiger partial charge in [0.2, 0.25) is 0 Å². The molecule has 1 aromatic rings. The summed E-state index contributed by atoms with van der Waals surface area (Å²) < 4.78 is 27.6. The van der Waals surface area contributed by atoms with E-state index in [1.165, 1.54) is 0 Å². The summed E-state index contributed by atoms with van der Waals surface area (Å²) >= 11 is 0. The molecule has 1 heterocycles. The zero-order valence-electron chi connectivity index (χ0n) is 12.6. The first kappa shape index (κ1) is 15.5. The van der Waals surface area contributed by atoms with Crippen molar-refractivity contribution in [3.63, 3.8) is 0 Å². The fourth-order valence-corrected chi connectivity index (χ4v) is 3.77. The Morgan fingerprint density at radius 2 is 2.10 bits per heavy atom. The maximum atomic E-state index is 12.4. The van der Waals surface area contributed by atoms with Crippen molar-refractivity contribution >= 4 is 10.0 Å². The Balaban J connectivity index is 2.15. The number of H-pyrrole nitrogens is 1. The van der Waals surface area contributed by atoms with Crippen molar-refractivity contribution in [2.45, 2.75) is 58.1 Å². The Kier molecular flexibility index (Phi) is 4.22. The molecule has 1 atom stereocenters.